The Bertz CT molecular complexity index is 580. The second-order valence-corrected chi connectivity index (χ2v) is 6.06. The Kier molecular flexibility index (Phi) is 3.63. The van der Waals surface area contributed by atoms with Gasteiger partial charge in [-0.25, -0.2) is 0 Å². The first-order chi connectivity index (χ1) is 9.63. The van der Waals surface area contributed by atoms with Crippen LogP contribution in [0.2, 0.25) is 0 Å². The van der Waals surface area contributed by atoms with Crippen molar-refractivity contribution in [1.29, 1.82) is 0 Å². The van der Waals surface area contributed by atoms with E-state index in [1.807, 2.05) is 42.3 Å². The van der Waals surface area contributed by atoms with Gasteiger partial charge in [-0.15, -0.1) is 11.3 Å². The number of thiophene rings is 1. The van der Waals surface area contributed by atoms with Crippen molar-refractivity contribution >= 4 is 17.2 Å². The highest BCUT2D eigenvalue weighted by molar-refractivity contribution is 7.12. The molecule has 106 valence electrons. The number of morpholine rings is 1. The van der Waals surface area contributed by atoms with Gasteiger partial charge in [-0.3, -0.25) is 4.79 Å². The third-order valence-electron chi connectivity index (χ3n) is 3.32. The summed E-state index contributed by atoms with van der Waals surface area (Å²) in [5, 5.41) is 1.96. The minimum atomic E-state index is 0.0785. The Balaban J connectivity index is 1.77. The van der Waals surface area contributed by atoms with E-state index < -0.39 is 0 Å². The third-order valence-corrected chi connectivity index (χ3v) is 4.24. The summed E-state index contributed by atoms with van der Waals surface area (Å²) in [6.45, 7) is 5.30. The number of nitrogens with zero attached hydrogens (tertiary/aromatic N) is 1. The minimum Gasteiger partial charge on any atom is -0.464 e. The van der Waals surface area contributed by atoms with Crippen LogP contribution in [-0.4, -0.2) is 36.1 Å². The molecule has 0 aliphatic carbocycles. The predicted molar refractivity (Wildman–Crippen MR) is 77.9 cm³/mol. The number of carbonyl (C=O) groups excluding carboxylic acids is 1. The molecule has 2 aromatic rings. The van der Waals surface area contributed by atoms with E-state index in [9.17, 15) is 4.79 Å². The Hall–Kier alpha value is -1.59. The van der Waals surface area contributed by atoms with Crippen molar-refractivity contribution in [2.24, 2.45) is 0 Å². The zero-order chi connectivity index (χ0) is 14.1. The Morgan fingerprint density at radius 2 is 2.10 bits per heavy atom. The van der Waals surface area contributed by atoms with E-state index in [1.165, 1.54) is 11.3 Å². The second kappa shape index (κ2) is 5.42. The van der Waals surface area contributed by atoms with E-state index in [0.717, 1.165) is 16.2 Å². The van der Waals surface area contributed by atoms with Gasteiger partial charge in [0.15, 0.2) is 0 Å². The lowest BCUT2D eigenvalue weighted by atomic mass is 10.2. The summed E-state index contributed by atoms with van der Waals surface area (Å²) in [4.78, 5) is 15.1. The van der Waals surface area contributed by atoms with E-state index >= 15 is 0 Å². The molecule has 1 aliphatic heterocycles. The average Bonchev–Trinajstić information content (AvgIpc) is 3.07. The van der Waals surface area contributed by atoms with Gasteiger partial charge >= 0.3 is 0 Å². The zero-order valence-electron chi connectivity index (χ0n) is 11.5. The predicted octanol–water partition coefficient (Wildman–Crippen LogP) is 3.26. The largest absolute Gasteiger partial charge is 0.464 e. The molecule has 0 bridgehead atoms. The molecule has 0 radical (unpaired) electrons. The fourth-order valence-electron chi connectivity index (χ4n) is 2.52. The van der Waals surface area contributed by atoms with Crippen LogP contribution in [0.4, 0.5) is 0 Å². The van der Waals surface area contributed by atoms with E-state index in [2.05, 4.69) is 0 Å². The summed E-state index contributed by atoms with van der Waals surface area (Å²) in [5.41, 5.74) is 0.956. The molecule has 2 atom stereocenters. The van der Waals surface area contributed by atoms with Crippen molar-refractivity contribution in [3.63, 3.8) is 0 Å². The third kappa shape index (κ3) is 2.64. The van der Waals surface area contributed by atoms with Gasteiger partial charge in [0.2, 0.25) is 0 Å². The van der Waals surface area contributed by atoms with Gasteiger partial charge in [0.1, 0.15) is 5.76 Å². The van der Waals surface area contributed by atoms with Gasteiger partial charge in [0.05, 0.1) is 23.3 Å². The van der Waals surface area contributed by atoms with Gasteiger partial charge in [-0.2, -0.15) is 0 Å². The fraction of sp³-hybridized carbons (Fsp3) is 0.400. The van der Waals surface area contributed by atoms with E-state index in [1.54, 1.807) is 6.26 Å². The van der Waals surface area contributed by atoms with Crippen LogP contribution in [0.5, 0.6) is 0 Å². The molecule has 0 N–H and O–H groups in total. The summed E-state index contributed by atoms with van der Waals surface area (Å²) in [6, 6.07) is 5.64. The summed E-state index contributed by atoms with van der Waals surface area (Å²) in [5.74, 6) is 0.874. The van der Waals surface area contributed by atoms with Gasteiger partial charge in [0.25, 0.3) is 5.91 Å². The van der Waals surface area contributed by atoms with Crippen molar-refractivity contribution in [3.8, 4) is 11.3 Å². The van der Waals surface area contributed by atoms with E-state index in [-0.39, 0.29) is 18.1 Å². The van der Waals surface area contributed by atoms with Crippen LogP contribution in [0.1, 0.15) is 23.5 Å². The quantitative estimate of drug-likeness (QED) is 0.853. The standard InChI is InChI=1S/C15H17NO3S/c1-10-7-16(8-11(2)19-10)15(17)14-6-12(9-20-14)13-4-3-5-18-13/h3-6,9-11H,7-8H2,1-2H3. The SMILES string of the molecule is CC1CN(C(=O)c2cc(-c3ccco3)cs2)CC(C)O1. The molecule has 1 fully saturated rings. The summed E-state index contributed by atoms with van der Waals surface area (Å²) in [6.07, 6.45) is 1.82. The maximum atomic E-state index is 12.5. The first-order valence-electron chi connectivity index (χ1n) is 6.70. The Morgan fingerprint density at radius 3 is 2.75 bits per heavy atom. The number of amides is 1. The highest BCUT2D eigenvalue weighted by Gasteiger charge is 2.27. The summed E-state index contributed by atoms with van der Waals surface area (Å²) in [7, 11) is 0. The molecule has 1 amide bonds. The number of carbonyl (C=O) groups is 1. The van der Waals surface area contributed by atoms with Gasteiger partial charge in [0, 0.05) is 24.0 Å². The van der Waals surface area contributed by atoms with Gasteiger partial charge in [-0.05, 0) is 32.0 Å². The molecule has 1 aliphatic rings. The topological polar surface area (TPSA) is 42.7 Å². The van der Waals surface area contributed by atoms with Crippen molar-refractivity contribution < 1.29 is 13.9 Å². The molecule has 1 saturated heterocycles. The Labute approximate surface area is 122 Å². The van der Waals surface area contributed by atoms with Crippen LogP contribution < -0.4 is 0 Å². The molecular weight excluding hydrogens is 274 g/mol. The Morgan fingerprint density at radius 1 is 1.35 bits per heavy atom. The van der Waals surface area contributed by atoms with Crippen molar-refractivity contribution in [2.45, 2.75) is 26.1 Å². The molecule has 4 nitrogen and oxygen atoms in total. The molecular formula is C15H17NO3S. The highest BCUT2D eigenvalue weighted by Crippen LogP contribution is 2.27. The lowest BCUT2D eigenvalue weighted by molar-refractivity contribution is -0.0585. The summed E-state index contributed by atoms with van der Waals surface area (Å²) >= 11 is 1.46. The normalized spacial score (nSPS) is 23.0. The number of rotatable bonds is 2. The average molecular weight is 291 g/mol. The number of furan rings is 1. The molecule has 0 saturated carbocycles. The van der Waals surface area contributed by atoms with Gasteiger partial charge in [-0.1, -0.05) is 0 Å². The van der Waals surface area contributed by atoms with Crippen molar-refractivity contribution in [3.05, 3.63) is 34.7 Å². The van der Waals surface area contributed by atoms with Crippen LogP contribution in [0.25, 0.3) is 11.3 Å². The first-order valence-corrected chi connectivity index (χ1v) is 7.58. The maximum Gasteiger partial charge on any atom is 0.264 e. The number of hydrogen-bond acceptors (Lipinski definition) is 4. The molecule has 5 heteroatoms. The van der Waals surface area contributed by atoms with Gasteiger partial charge < -0.3 is 14.1 Å². The van der Waals surface area contributed by atoms with Crippen LogP contribution >= 0.6 is 11.3 Å². The maximum absolute atomic E-state index is 12.5. The molecule has 2 aromatic heterocycles. The lowest BCUT2D eigenvalue weighted by Crippen LogP contribution is -2.48. The molecule has 3 rings (SSSR count). The summed E-state index contributed by atoms with van der Waals surface area (Å²) < 4.78 is 11.0. The van der Waals surface area contributed by atoms with Crippen LogP contribution in [0.15, 0.2) is 34.3 Å². The first kappa shape index (κ1) is 13.4. The van der Waals surface area contributed by atoms with Crippen molar-refractivity contribution in [2.75, 3.05) is 13.1 Å². The molecule has 3 heterocycles. The van der Waals surface area contributed by atoms with Crippen LogP contribution in [0.3, 0.4) is 0 Å². The second-order valence-electron chi connectivity index (χ2n) is 5.14. The molecule has 20 heavy (non-hydrogen) atoms. The zero-order valence-corrected chi connectivity index (χ0v) is 12.4. The number of ether oxygens (including phenoxy) is 1. The minimum absolute atomic E-state index is 0.0785. The molecule has 0 spiro atoms. The molecule has 0 aromatic carbocycles. The lowest BCUT2D eigenvalue weighted by Gasteiger charge is -2.35. The fourth-order valence-corrected chi connectivity index (χ4v) is 3.38. The van der Waals surface area contributed by atoms with Crippen LogP contribution in [-0.2, 0) is 4.74 Å². The van der Waals surface area contributed by atoms with E-state index in [0.29, 0.717) is 13.1 Å². The smallest absolute Gasteiger partial charge is 0.264 e. The van der Waals surface area contributed by atoms with E-state index in [4.69, 9.17) is 9.15 Å². The van der Waals surface area contributed by atoms with Crippen molar-refractivity contribution in [1.82, 2.24) is 4.90 Å². The highest BCUT2D eigenvalue weighted by atomic mass is 32.1. The molecule has 2 unspecified atom stereocenters. The van der Waals surface area contributed by atoms with Crippen LogP contribution in [0, 0.1) is 0 Å². The number of hydrogen-bond donors (Lipinski definition) is 0. The monoisotopic (exact) mass is 291 g/mol.